The molecule has 2 heterocycles. The summed E-state index contributed by atoms with van der Waals surface area (Å²) >= 11 is 5.90. The summed E-state index contributed by atoms with van der Waals surface area (Å²) in [6.45, 7) is 0.897. The molecule has 1 unspecified atom stereocenters. The van der Waals surface area contributed by atoms with Crippen molar-refractivity contribution in [2.45, 2.75) is 12.8 Å². The molecule has 1 aromatic heterocycles. The number of aromatic nitrogens is 2. The lowest BCUT2D eigenvalue weighted by molar-refractivity contribution is -0.134. The van der Waals surface area contributed by atoms with Crippen molar-refractivity contribution in [2.75, 3.05) is 19.7 Å². The third-order valence-electron chi connectivity index (χ3n) is 5.11. The molecule has 1 aliphatic rings. The van der Waals surface area contributed by atoms with E-state index in [4.69, 9.17) is 16.3 Å². The monoisotopic (exact) mass is 409 g/mol. The first-order valence-electron chi connectivity index (χ1n) is 9.52. The summed E-state index contributed by atoms with van der Waals surface area (Å²) < 4.78 is 5.69. The Morgan fingerprint density at radius 1 is 1.10 bits per heavy atom. The molecular weight excluding hydrogens is 390 g/mol. The lowest BCUT2D eigenvalue weighted by Crippen LogP contribution is -2.44. The van der Waals surface area contributed by atoms with Gasteiger partial charge in [-0.1, -0.05) is 23.7 Å². The van der Waals surface area contributed by atoms with E-state index in [1.807, 2.05) is 24.3 Å². The Kier molecular flexibility index (Phi) is 5.71. The maximum atomic E-state index is 12.8. The Morgan fingerprint density at radius 3 is 2.72 bits per heavy atom. The number of piperidine rings is 1. The number of fused-ring (bicyclic) bond motifs is 1. The number of ketones is 1. The van der Waals surface area contributed by atoms with E-state index in [9.17, 15) is 9.59 Å². The molecule has 0 saturated carbocycles. The Labute approximate surface area is 173 Å². The van der Waals surface area contributed by atoms with Gasteiger partial charge in [-0.25, -0.2) is 9.97 Å². The summed E-state index contributed by atoms with van der Waals surface area (Å²) in [6.07, 6.45) is 2.97. The van der Waals surface area contributed by atoms with Gasteiger partial charge in [0.15, 0.2) is 12.4 Å². The normalized spacial score (nSPS) is 16.6. The Morgan fingerprint density at radius 2 is 1.90 bits per heavy atom. The SMILES string of the molecule is O=C(c1ccc(Cl)cc1)C1CCCN(C(=O)COc2ncnc3ccccc23)C1. The molecule has 6 nitrogen and oxygen atoms in total. The van der Waals surface area contributed by atoms with E-state index < -0.39 is 0 Å². The second-order valence-electron chi connectivity index (χ2n) is 7.03. The van der Waals surface area contributed by atoms with Crippen LogP contribution in [0, 0.1) is 5.92 Å². The van der Waals surface area contributed by atoms with E-state index in [1.165, 1.54) is 6.33 Å². The van der Waals surface area contributed by atoms with Crippen molar-refractivity contribution in [3.8, 4) is 5.88 Å². The van der Waals surface area contributed by atoms with Crippen LogP contribution >= 0.6 is 11.6 Å². The minimum absolute atomic E-state index is 0.0434. The van der Waals surface area contributed by atoms with Crippen LogP contribution in [0.1, 0.15) is 23.2 Å². The van der Waals surface area contributed by atoms with Crippen molar-refractivity contribution in [3.05, 3.63) is 65.4 Å². The van der Waals surface area contributed by atoms with E-state index in [0.717, 1.165) is 23.7 Å². The predicted molar refractivity (Wildman–Crippen MR) is 110 cm³/mol. The number of carbonyl (C=O) groups excluding carboxylic acids is 2. The molecule has 1 aliphatic heterocycles. The van der Waals surface area contributed by atoms with Gasteiger partial charge in [0.1, 0.15) is 6.33 Å². The number of halogens is 1. The van der Waals surface area contributed by atoms with Crippen LogP contribution in [0.15, 0.2) is 54.9 Å². The molecule has 3 aromatic rings. The first-order valence-corrected chi connectivity index (χ1v) is 9.90. The Hall–Kier alpha value is -2.99. The van der Waals surface area contributed by atoms with Crippen molar-refractivity contribution >= 4 is 34.2 Å². The van der Waals surface area contributed by atoms with Crippen molar-refractivity contribution < 1.29 is 14.3 Å². The fraction of sp³-hybridized carbons (Fsp3) is 0.273. The number of ether oxygens (including phenoxy) is 1. The summed E-state index contributed by atoms with van der Waals surface area (Å²) in [7, 11) is 0. The van der Waals surface area contributed by atoms with Gasteiger partial charge in [0.2, 0.25) is 5.88 Å². The van der Waals surface area contributed by atoms with Crippen LogP contribution in [0.3, 0.4) is 0 Å². The molecule has 7 heteroatoms. The number of hydrogen-bond acceptors (Lipinski definition) is 5. The molecule has 0 aliphatic carbocycles. The first kappa shape index (κ1) is 19.3. The quantitative estimate of drug-likeness (QED) is 0.599. The Balaban J connectivity index is 1.39. The third kappa shape index (κ3) is 4.38. The molecule has 0 N–H and O–H groups in total. The van der Waals surface area contributed by atoms with Gasteiger partial charge < -0.3 is 9.64 Å². The summed E-state index contributed by atoms with van der Waals surface area (Å²) in [5.74, 6) is 0.0617. The number of likely N-dealkylation sites (tertiary alicyclic amines) is 1. The van der Waals surface area contributed by atoms with E-state index in [0.29, 0.717) is 29.6 Å². The van der Waals surface area contributed by atoms with Gasteiger partial charge in [0.05, 0.1) is 10.9 Å². The van der Waals surface area contributed by atoms with Crippen LogP contribution in [0.4, 0.5) is 0 Å². The van der Waals surface area contributed by atoms with E-state index in [-0.39, 0.29) is 24.2 Å². The standard InChI is InChI=1S/C22H20ClN3O3/c23-17-9-7-15(8-10-17)21(28)16-4-3-11-26(12-16)20(27)13-29-22-18-5-1-2-6-19(18)24-14-25-22/h1-2,5-10,14,16H,3-4,11-13H2. The summed E-state index contributed by atoms with van der Waals surface area (Å²) in [4.78, 5) is 35.5. The second kappa shape index (κ2) is 8.57. The van der Waals surface area contributed by atoms with Crippen LogP contribution in [0.5, 0.6) is 5.88 Å². The third-order valence-corrected chi connectivity index (χ3v) is 5.36. The zero-order chi connectivity index (χ0) is 20.2. The van der Waals surface area contributed by atoms with Crippen molar-refractivity contribution in [1.82, 2.24) is 14.9 Å². The van der Waals surface area contributed by atoms with Crippen LogP contribution in [-0.2, 0) is 4.79 Å². The molecule has 1 atom stereocenters. The molecule has 0 spiro atoms. The fourth-order valence-electron chi connectivity index (χ4n) is 3.58. The summed E-state index contributed by atoms with van der Waals surface area (Å²) in [6, 6.07) is 14.4. The van der Waals surface area contributed by atoms with Gasteiger partial charge in [-0.2, -0.15) is 0 Å². The summed E-state index contributed by atoms with van der Waals surface area (Å²) in [5, 5.41) is 1.36. The van der Waals surface area contributed by atoms with E-state index >= 15 is 0 Å². The van der Waals surface area contributed by atoms with Crippen molar-refractivity contribution in [3.63, 3.8) is 0 Å². The largest absolute Gasteiger partial charge is 0.467 e. The maximum Gasteiger partial charge on any atom is 0.260 e. The molecule has 4 rings (SSSR count). The molecule has 1 saturated heterocycles. The second-order valence-corrected chi connectivity index (χ2v) is 7.47. The number of carbonyl (C=O) groups is 2. The molecule has 0 radical (unpaired) electrons. The zero-order valence-electron chi connectivity index (χ0n) is 15.8. The molecule has 148 valence electrons. The highest BCUT2D eigenvalue weighted by Gasteiger charge is 2.29. The van der Waals surface area contributed by atoms with Gasteiger partial charge >= 0.3 is 0 Å². The minimum Gasteiger partial charge on any atom is -0.467 e. The topological polar surface area (TPSA) is 72.4 Å². The van der Waals surface area contributed by atoms with Crippen LogP contribution in [-0.4, -0.2) is 46.3 Å². The molecule has 1 fully saturated rings. The average molecular weight is 410 g/mol. The Bertz CT molecular complexity index is 1030. The molecule has 0 bridgehead atoms. The highest BCUT2D eigenvalue weighted by atomic mass is 35.5. The van der Waals surface area contributed by atoms with Crippen LogP contribution < -0.4 is 4.74 Å². The van der Waals surface area contributed by atoms with Gasteiger partial charge in [-0.05, 0) is 49.2 Å². The van der Waals surface area contributed by atoms with Crippen LogP contribution in [0.25, 0.3) is 10.9 Å². The highest BCUT2D eigenvalue weighted by molar-refractivity contribution is 6.30. The number of para-hydroxylation sites is 1. The molecule has 2 aromatic carbocycles. The molecule has 1 amide bonds. The highest BCUT2D eigenvalue weighted by Crippen LogP contribution is 2.23. The number of benzene rings is 2. The smallest absolute Gasteiger partial charge is 0.260 e. The number of Topliss-reactive ketones (excluding diaryl/α,β-unsaturated/α-hetero) is 1. The van der Waals surface area contributed by atoms with Gasteiger partial charge in [-0.15, -0.1) is 0 Å². The average Bonchev–Trinajstić information content (AvgIpc) is 2.77. The number of rotatable bonds is 5. The fourth-order valence-corrected chi connectivity index (χ4v) is 3.71. The molecule has 29 heavy (non-hydrogen) atoms. The van der Waals surface area contributed by atoms with Crippen LogP contribution in [0.2, 0.25) is 5.02 Å². The predicted octanol–water partition coefficient (Wildman–Crippen LogP) is 3.78. The first-order chi connectivity index (χ1) is 14.1. The lowest BCUT2D eigenvalue weighted by Gasteiger charge is -2.32. The van der Waals surface area contributed by atoms with Gasteiger partial charge in [0, 0.05) is 29.6 Å². The van der Waals surface area contributed by atoms with Crippen molar-refractivity contribution in [1.29, 1.82) is 0 Å². The lowest BCUT2D eigenvalue weighted by atomic mass is 9.90. The zero-order valence-corrected chi connectivity index (χ0v) is 16.5. The van der Waals surface area contributed by atoms with Gasteiger partial charge in [-0.3, -0.25) is 9.59 Å². The summed E-state index contributed by atoms with van der Waals surface area (Å²) in [5.41, 5.74) is 1.38. The number of amides is 1. The van der Waals surface area contributed by atoms with E-state index in [1.54, 1.807) is 29.2 Å². The maximum absolute atomic E-state index is 12.8. The van der Waals surface area contributed by atoms with Gasteiger partial charge in [0.25, 0.3) is 5.91 Å². The number of hydrogen-bond donors (Lipinski definition) is 0. The minimum atomic E-state index is -0.214. The van der Waals surface area contributed by atoms with Crippen molar-refractivity contribution in [2.24, 2.45) is 5.92 Å². The number of nitrogens with zero attached hydrogens (tertiary/aromatic N) is 3. The van der Waals surface area contributed by atoms with E-state index in [2.05, 4.69) is 9.97 Å². The molecular formula is C22H20ClN3O3.